The number of aryl methyl sites for hydroxylation is 1. The van der Waals surface area contributed by atoms with Gasteiger partial charge in [-0.25, -0.2) is 0 Å². The van der Waals surface area contributed by atoms with Gasteiger partial charge in [-0.2, -0.15) is 0 Å². The van der Waals surface area contributed by atoms with Crippen LogP contribution < -0.4 is 4.74 Å². The third-order valence-corrected chi connectivity index (χ3v) is 4.65. The molecule has 0 fully saturated rings. The maximum absolute atomic E-state index is 11.9. The van der Waals surface area contributed by atoms with Gasteiger partial charge in [-0.1, -0.05) is 17.7 Å². The Bertz CT molecular complexity index is 618. The molecular weight excluding hydrogens is 280 g/mol. The van der Waals surface area contributed by atoms with E-state index in [1.165, 1.54) is 0 Å². The molecule has 0 amide bonds. The minimum absolute atomic E-state index is 0.223. The Morgan fingerprint density at radius 1 is 1.26 bits per heavy atom. The van der Waals surface area contributed by atoms with Gasteiger partial charge in [0.2, 0.25) is 0 Å². The number of ketones is 1. The summed E-state index contributed by atoms with van der Waals surface area (Å²) >= 11 is 7.60. The highest BCUT2D eigenvalue weighted by atomic mass is 35.5. The van der Waals surface area contributed by atoms with Crippen LogP contribution in [0.25, 0.3) is 0 Å². The molecule has 1 aliphatic rings. The van der Waals surface area contributed by atoms with Gasteiger partial charge in [0.1, 0.15) is 12.4 Å². The zero-order valence-electron chi connectivity index (χ0n) is 10.3. The SMILES string of the molecule is O=C1CCCc2ccc(OCc3sccc3Cl)cc21. The number of carbonyl (C=O) groups is 1. The molecule has 0 bridgehead atoms. The number of ether oxygens (including phenoxy) is 1. The molecule has 0 aliphatic heterocycles. The van der Waals surface area contributed by atoms with Gasteiger partial charge in [0, 0.05) is 12.0 Å². The minimum atomic E-state index is 0.223. The van der Waals surface area contributed by atoms with E-state index in [1.807, 2.05) is 29.6 Å². The largest absolute Gasteiger partial charge is 0.488 e. The fourth-order valence-electron chi connectivity index (χ4n) is 2.27. The van der Waals surface area contributed by atoms with Crippen molar-refractivity contribution >= 4 is 28.7 Å². The summed E-state index contributed by atoms with van der Waals surface area (Å²) in [7, 11) is 0. The Kier molecular flexibility index (Phi) is 3.58. The Labute approximate surface area is 121 Å². The lowest BCUT2D eigenvalue weighted by Gasteiger charge is -2.15. The average Bonchev–Trinajstić information content (AvgIpc) is 2.83. The van der Waals surface area contributed by atoms with Gasteiger partial charge in [0.25, 0.3) is 0 Å². The van der Waals surface area contributed by atoms with E-state index in [4.69, 9.17) is 16.3 Å². The second-order valence-corrected chi connectivity index (χ2v) is 5.98. The number of fused-ring (bicyclic) bond motifs is 1. The number of thiophene rings is 1. The molecule has 1 aromatic carbocycles. The van der Waals surface area contributed by atoms with E-state index >= 15 is 0 Å². The molecule has 98 valence electrons. The van der Waals surface area contributed by atoms with E-state index in [1.54, 1.807) is 11.3 Å². The first kappa shape index (κ1) is 12.7. The number of Topliss-reactive ketones (excluding diaryl/α,β-unsaturated/α-hetero) is 1. The van der Waals surface area contributed by atoms with Crippen LogP contribution in [-0.4, -0.2) is 5.78 Å². The van der Waals surface area contributed by atoms with E-state index in [9.17, 15) is 4.79 Å². The topological polar surface area (TPSA) is 26.3 Å². The lowest BCUT2D eigenvalue weighted by Crippen LogP contribution is -2.10. The number of hydrogen-bond acceptors (Lipinski definition) is 3. The predicted molar refractivity (Wildman–Crippen MR) is 77.4 cm³/mol. The molecule has 4 heteroatoms. The normalized spacial score (nSPS) is 14.3. The lowest BCUT2D eigenvalue weighted by molar-refractivity contribution is 0.0972. The zero-order chi connectivity index (χ0) is 13.2. The monoisotopic (exact) mass is 292 g/mol. The van der Waals surface area contributed by atoms with Crippen LogP contribution in [-0.2, 0) is 13.0 Å². The molecule has 0 atom stereocenters. The number of benzene rings is 1. The van der Waals surface area contributed by atoms with E-state index < -0.39 is 0 Å². The maximum atomic E-state index is 11.9. The van der Waals surface area contributed by atoms with Gasteiger partial charge in [0.15, 0.2) is 5.78 Å². The van der Waals surface area contributed by atoms with E-state index in [0.29, 0.717) is 13.0 Å². The molecule has 0 spiro atoms. The average molecular weight is 293 g/mol. The zero-order valence-corrected chi connectivity index (χ0v) is 11.9. The third-order valence-electron chi connectivity index (χ3n) is 3.29. The highest BCUT2D eigenvalue weighted by Gasteiger charge is 2.17. The van der Waals surface area contributed by atoms with Crippen LogP contribution in [0.5, 0.6) is 5.75 Å². The van der Waals surface area contributed by atoms with E-state index in [0.717, 1.165) is 39.6 Å². The summed E-state index contributed by atoms with van der Waals surface area (Å²) in [5, 5.41) is 2.68. The summed E-state index contributed by atoms with van der Waals surface area (Å²) in [5.74, 6) is 0.958. The van der Waals surface area contributed by atoms with Gasteiger partial charge in [0.05, 0.1) is 9.90 Å². The highest BCUT2D eigenvalue weighted by Crippen LogP contribution is 2.27. The minimum Gasteiger partial charge on any atom is -0.488 e. The fraction of sp³-hybridized carbons (Fsp3) is 0.267. The molecule has 1 aromatic heterocycles. The maximum Gasteiger partial charge on any atom is 0.163 e. The van der Waals surface area contributed by atoms with Crippen molar-refractivity contribution in [2.45, 2.75) is 25.9 Å². The van der Waals surface area contributed by atoms with Crippen molar-refractivity contribution in [2.24, 2.45) is 0 Å². The molecule has 0 saturated carbocycles. The lowest BCUT2D eigenvalue weighted by atomic mass is 9.90. The van der Waals surface area contributed by atoms with Crippen LogP contribution in [0, 0.1) is 0 Å². The summed E-state index contributed by atoms with van der Waals surface area (Å²) in [5.41, 5.74) is 1.96. The Hall–Kier alpha value is -1.32. The van der Waals surface area contributed by atoms with Crippen molar-refractivity contribution in [3.05, 3.63) is 50.7 Å². The van der Waals surface area contributed by atoms with Crippen LogP contribution >= 0.6 is 22.9 Å². The van der Waals surface area contributed by atoms with Gasteiger partial charge in [-0.15, -0.1) is 11.3 Å². The molecule has 0 radical (unpaired) electrons. The molecule has 0 unspecified atom stereocenters. The molecule has 1 heterocycles. The first-order valence-electron chi connectivity index (χ1n) is 6.25. The van der Waals surface area contributed by atoms with E-state index in [-0.39, 0.29) is 5.78 Å². The second kappa shape index (κ2) is 5.35. The summed E-state index contributed by atoms with van der Waals surface area (Å²) in [4.78, 5) is 12.9. The van der Waals surface area contributed by atoms with Crippen molar-refractivity contribution in [3.8, 4) is 5.75 Å². The van der Waals surface area contributed by atoms with Crippen LogP contribution in [0.4, 0.5) is 0 Å². The Balaban J connectivity index is 1.77. The van der Waals surface area contributed by atoms with Crippen LogP contribution in [0.1, 0.15) is 33.6 Å². The molecule has 0 N–H and O–H groups in total. The number of hydrogen-bond donors (Lipinski definition) is 0. The molecule has 1 aliphatic carbocycles. The molecule has 2 nitrogen and oxygen atoms in total. The van der Waals surface area contributed by atoms with Gasteiger partial charge in [-0.05, 0) is 42.0 Å². The molecular formula is C15H13ClO2S. The highest BCUT2D eigenvalue weighted by molar-refractivity contribution is 7.10. The molecule has 19 heavy (non-hydrogen) atoms. The van der Waals surface area contributed by atoms with Crippen LogP contribution in [0.3, 0.4) is 0 Å². The number of halogens is 1. The van der Waals surface area contributed by atoms with E-state index in [2.05, 4.69) is 0 Å². The Morgan fingerprint density at radius 3 is 2.95 bits per heavy atom. The fourth-order valence-corrected chi connectivity index (χ4v) is 3.28. The molecule has 2 aromatic rings. The Morgan fingerprint density at radius 2 is 2.16 bits per heavy atom. The van der Waals surface area contributed by atoms with Crippen LogP contribution in [0.2, 0.25) is 5.02 Å². The summed E-state index contributed by atoms with van der Waals surface area (Å²) < 4.78 is 5.72. The van der Waals surface area contributed by atoms with Crippen molar-refractivity contribution < 1.29 is 9.53 Å². The van der Waals surface area contributed by atoms with Crippen molar-refractivity contribution in [1.29, 1.82) is 0 Å². The first-order valence-corrected chi connectivity index (χ1v) is 7.50. The predicted octanol–water partition coefficient (Wildman–Crippen LogP) is 4.50. The second-order valence-electron chi connectivity index (χ2n) is 4.58. The summed E-state index contributed by atoms with van der Waals surface area (Å²) in [6, 6.07) is 7.65. The van der Waals surface area contributed by atoms with Crippen molar-refractivity contribution in [1.82, 2.24) is 0 Å². The van der Waals surface area contributed by atoms with Crippen LogP contribution in [0.15, 0.2) is 29.6 Å². The summed E-state index contributed by atoms with van der Waals surface area (Å²) in [6.45, 7) is 0.448. The third kappa shape index (κ3) is 2.67. The molecule has 0 saturated heterocycles. The number of rotatable bonds is 3. The van der Waals surface area contributed by atoms with Gasteiger partial charge < -0.3 is 4.74 Å². The standard InChI is InChI=1S/C15H13ClO2S/c16-13-6-7-19-15(13)9-18-11-5-4-10-2-1-3-14(17)12(10)8-11/h4-8H,1-3,9H2. The van der Waals surface area contributed by atoms with Crippen molar-refractivity contribution in [2.75, 3.05) is 0 Å². The quantitative estimate of drug-likeness (QED) is 0.832. The first-order chi connectivity index (χ1) is 9.24. The number of carbonyl (C=O) groups excluding carboxylic acids is 1. The summed E-state index contributed by atoms with van der Waals surface area (Å²) in [6.07, 6.45) is 2.59. The van der Waals surface area contributed by atoms with Gasteiger partial charge >= 0.3 is 0 Å². The smallest absolute Gasteiger partial charge is 0.163 e. The molecule has 3 rings (SSSR count). The van der Waals surface area contributed by atoms with Crippen molar-refractivity contribution in [3.63, 3.8) is 0 Å². The van der Waals surface area contributed by atoms with Gasteiger partial charge in [-0.3, -0.25) is 4.79 Å².